The minimum atomic E-state index is -0.535. The molecule has 2 rings (SSSR count). The summed E-state index contributed by atoms with van der Waals surface area (Å²) < 4.78 is 10.8. The van der Waals surface area contributed by atoms with E-state index in [1.54, 1.807) is 6.92 Å². The van der Waals surface area contributed by atoms with Gasteiger partial charge < -0.3 is 9.47 Å². The van der Waals surface area contributed by atoms with Crippen LogP contribution in [0.1, 0.15) is 77.0 Å². The number of carbonyl (C=O) groups is 1. The van der Waals surface area contributed by atoms with Crippen LogP contribution in [-0.2, 0) is 20.7 Å². The van der Waals surface area contributed by atoms with E-state index in [-0.39, 0.29) is 12.1 Å². The van der Waals surface area contributed by atoms with E-state index >= 15 is 0 Å². The zero-order valence-corrected chi connectivity index (χ0v) is 18.4. The number of aryl methyl sites for hydroxylation is 1. The Labute approximate surface area is 176 Å². The van der Waals surface area contributed by atoms with Gasteiger partial charge in [0.15, 0.2) is 6.10 Å². The molecule has 0 spiro atoms. The lowest BCUT2D eigenvalue weighted by Gasteiger charge is -2.17. The van der Waals surface area contributed by atoms with Crippen LogP contribution in [0.5, 0.6) is 0 Å². The summed E-state index contributed by atoms with van der Waals surface area (Å²) in [7, 11) is 0. The van der Waals surface area contributed by atoms with Crippen molar-refractivity contribution in [2.45, 2.75) is 78.4 Å². The number of ether oxygens (including phenoxy) is 2. The maximum absolute atomic E-state index is 12.0. The fourth-order valence-corrected chi connectivity index (χ4v) is 3.40. The van der Waals surface area contributed by atoms with Gasteiger partial charge in [-0.3, -0.25) is 0 Å². The molecule has 0 heterocycles. The van der Waals surface area contributed by atoms with Crippen LogP contribution in [0.25, 0.3) is 11.1 Å². The fourth-order valence-electron chi connectivity index (χ4n) is 3.40. The molecular formula is C26H36O3. The number of benzene rings is 2. The average molecular weight is 397 g/mol. The topological polar surface area (TPSA) is 35.5 Å². The summed E-state index contributed by atoms with van der Waals surface area (Å²) in [5.41, 5.74) is 4.77. The molecule has 2 aromatic rings. The van der Waals surface area contributed by atoms with E-state index in [4.69, 9.17) is 9.47 Å². The van der Waals surface area contributed by atoms with Crippen LogP contribution in [0, 0.1) is 0 Å². The summed E-state index contributed by atoms with van der Waals surface area (Å²) >= 11 is 0. The molecular weight excluding hydrogens is 360 g/mol. The molecule has 3 heteroatoms. The number of esters is 1. The molecule has 29 heavy (non-hydrogen) atoms. The van der Waals surface area contributed by atoms with Crippen LogP contribution < -0.4 is 0 Å². The van der Waals surface area contributed by atoms with E-state index in [1.807, 2.05) is 26.0 Å². The van der Waals surface area contributed by atoms with E-state index < -0.39 is 6.10 Å². The Kier molecular flexibility index (Phi) is 9.93. The molecule has 0 fully saturated rings. The van der Waals surface area contributed by atoms with Crippen molar-refractivity contribution < 1.29 is 14.3 Å². The molecule has 158 valence electrons. The maximum Gasteiger partial charge on any atom is 0.335 e. The van der Waals surface area contributed by atoms with Crippen molar-refractivity contribution in [2.75, 3.05) is 6.61 Å². The smallest absolute Gasteiger partial charge is 0.335 e. The van der Waals surface area contributed by atoms with Crippen molar-refractivity contribution in [1.29, 1.82) is 0 Å². The van der Waals surface area contributed by atoms with Crippen molar-refractivity contribution in [1.82, 2.24) is 0 Å². The van der Waals surface area contributed by atoms with Crippen molar-refractivity contribution in [3.05, 3.63) is 59.7 Å². The zero-order chi connectivity index (χ0) is 21.1. The zero-order valence-electron chi connectivity index (χ0n) is 18.4. The molecule has 2 aromatic carbocycles. The highest BCUT2D eigenvalue weighted by Crippen LogP contribution is 2.24. The predicted octanol–water partition coefficient (Wildman–Crippen LogP) is 6.90. The van der Waals surface area contributed by atoms with E-state index in [0.717, 1.165) is 12.0 Å². The number of carbonyl (C=O) groups excluding carboxylic acids is 1. The van der Waals surface area contributed by atoms with Gasteiger partial charge in [0, 0.05) is 6.61 Å². The first-order chi connectivity index (χ1) is 14.0. The van der Waals surface area contributed by atoms with Gasteiger partial charge >= 0.3 is 5.97 Å². The summed E-state index contributed by atoms with van der Waals surface area (Å²) in [6.45, 7) is 8.22. The van der Waals surface area contributed by atoms with Crippen molar-refractivity contribution in [3.8, 4) is 11.1 Å². The first-order valence-electron chi connectivity index (χ1n) is 11.1. The minimum Gasteiger partial charge on any atom is -0.456 e. The lowest BCUT2D eigenvalue weighted by Crippen LogP contribution is -2.24. The average Bonchev–Trinajstić information content (AvgIpc) is 2.74. The highest BCUT2D eigenvalue weighted by molar-refractivity contribution is 5.74. The minimum absolute atomic E-state index is 0.297. The molecule has 0 saturated carbocycles. The Morgan fingerprint density at radius 2 is 1.41 bits per heavy atom. The third-order valence-corrected chi connectivity index (χ3v) is 5.28. The molecule has 0 radical (unpaired) electrons. The Morgan fingerprint density at radius 3 is 2.00 bits per heavy atom. The van der Waals surface area contributed by atoms with Gasteiger partial charge in [0.2, 0.25) is 0 Å². The fraction of sp³-hybridized carbons (Fsp3) is 0.500. The second kappa shape index (κ2) is 12.4. The van der Waals surface area contributed by atoms with Gasteiger partial charge in [-0.05, 0) is 55.9 Å². The molecule has 0 saturated heterocycles. The predicted molar refractivity (Wildman–Crippen MR) is 120 cm³/mol. The van der Waals surface area contributed by atoms with Gasteiger partial charge in [0.05, 0.1) is 0 Å². The molecule has 0 N–H and O–H groups in total. The summed E-state index contributed by atoms with van der Waals surface area (Å²) in [5, 5.41) is 0. The molecule has 0 bridgehead atoms. The Balaban J connectivity index is 1.89. The SMILES string of the molecule is CCCCCCCc1ccc(-c2ccc(C(C)OC(=O)C(C)OCC)cc2)cc1. The lowest BCUT2D eigenvalue weighted by molar-refractivity contribution is -0.160. The summed E-state index contributed by atoms with van der Waals surface area (Å²) in [6.07, 6.45) is 6.90. The highest BCUT2D eigenvalue weighted by Gasteiger charge is 2.18. The molecule has 3 nitrogen and oxygen atoms in total. The third-order valence-electron chi connectivity index (χ3n) is 5.28. The standard InChI is InChI=1S/C26H36O3/c1-5-7-8-9-10-11-22-12-14-24(15-13-22)25-18-16-23(17-19-25)20(3)29-26(27)21(4)28-6-2/h12-21H,5-11H2,1-4H3. The summed E-state index contributed by atoms with van der Waals surface area (Å²) in [4.78, 5) is 12.0. The van der Waals surface area contributed by atoms with E-state index in [0.29, 0.717) is 6.61 Å². The van der Waals surface area contributed by atoms with Gasteiger partial charge in [-0.15, -0.1) is 0 Å². The first-order valence-corrected chi connectivity index (χ1v) is 11.1. The number of unbranched alkanes of at least 4 members (excludes halogenated alkanes) is 4. The number of hydrogen-bond donors (Lipinski definition) is 0. The van der Waals surface area contributed by atoms with E-state index in [9.17, 15) is 4.79 Å². The number of hydrogen-bond acceptors (Lipinski definition) is 3. The molecule has 2 unspecified atom stereocenters. The third kappa shape index (κ3) is 7.66. The van der Waals surface area contributed by atoms with Crippen LogP contribution in [0.3, 0.4) is 0 Å². The van der Waals surface area contributed by atoms with E-state index in [1.165, 1.54) is 48.8 Å². The van der Waals surface area contributed by atoms with Gasteiger partial charge in [0.25, 0.3) is 0 Å². The Hall–Kier alpha value is -2.13. The van der Waals surface area contributed by atoms with Crippen LogP contribution in [-0.4, -0.2) is 18.7 Å². The quantitative estimate of drug-likeness (QED) is 0.289. The van der Waals surface area contributed by atoms with Crippen LogP contribution in [0.4, 0.5) is 0 Å². The molecule has 0 aliphatic rings. The van der Waals surface area contributed by atoms with Gasteiger partial charge in [0.1, 0.15) is 6.10 Å². The molecule has 0 aromatic heterocycles. The summed E-state index contributed by atoms with van der Waals surface area (Å²) in [5.74, 6) is -0.325. The first kappa shape index (κ1) is 23.2. The molecule has 0 aliphatic heterocycles. The van der Waals surface area contributed by atoms with Gasteiger partial charge in [-0.2, -0.15) is 0 Å². The van der Waals surface area contributed by atoms with E-state index in [2.05, 4.69) is 43.3 Å². The van der Waals surface area contributed by atoms with Gasteiger partial charge in [-0.25, -0.2) is 4.79 Å². The molecule has 2 atom stereocenters. The van der Waals surface area contributed by atoms with Crippen LogP contribution in [0.2, 0.25) is 0 Å². The maximum atomic E-state index is 12.0. The molecule has 0 amide bonds. The second-order valence-corrected chi connectivity index (χ2v) is 7.66. The lowest BCUT2D eigenvalue weighted by atomic mass is 9.99. The second-order valence-electron chi connectivity index (χ2n) is 7.66. The number of rotatable bonds is 12. The van der Waals surface area contributed by atoms with Crippen LogP contribution in [0.15, 0.2) is 48.5 Å². The van der Waals surface area contributed by atoms with Crippen molar-refractivity contribution >= 4 is 5.97 Å². The van der Waals surface area contributed by atoms with Crippen LogP contribution >= 0.6 is 0 Å². The molecule has 0 aliphatic carbocycles. The highest BCUT2D eigenvalue weighted by atomic mass is 16.6. The Bertz CT molecular complexity index is 719. The van der Waals surface area contributed by atoms with Gasteiger partial charge in [-0.1, -0.05) is 81.1 Å². The normalized spacial score (nSPS) is 13.1. The Morgan fingerprint density at radius 1 is 0.828 bits per heavy atom. The van der Waals surface area contributed by atoms with Crippen molar-refractivity contribution in [2.24, 2.45) is 0 Å². The summed E-state index contributed by atoms with van der Waals surface area (Å²) in [6, 6.07) is 17.1. The van der Waals surface area contributed by atoms with Crippen molar-refractivity contribution in [3.63, 3.8) is 0 Å². The largest absolute Gasteiger partial charge is 0.456 e. The monoisotopic (exact) mass is 396 g/mol.